The summed E-state index contributed by atoms with van der Waals surface area (Å²) in [7, 11) is -3.26. The number of anilines is 2. The summed E-state index contributed by atoms with van der Waals surface area (Å²) in [6, 6.07) is 13.6. The molecule has 0 unspecified atom stereocenters. The van der Waals surface area contributed by atoms with Gasteiger partial charge >= 0.3 is 0 Å². The molecule has 0 bridgehead atoms. The van der Waals surface area contributed by atoms with Gasteiger partial charge in [0.2, 0.25) is 10.0 Å². The maximum atomic E-state index is 13.4. The summed E-state index contributed by atoms with van der Waals surface area (Å²) in [5, 5.41) is 3.17. The lowest BCUT2D eigenvalue weighted by Gasteiger charge is -2.09. The highest BCUT2D eigenvalue weighted by atomic mass is 32.2. The Bertz CT molecular complexity index is 700. The van der Waals surface area contributed by atoms with Gasteiger partial charge in [-0.1, -0.05) is 18.2 Å². The lowest BCUT2D eigenvalue weighted by Crippen LogP contribution is -2.09. The fourth-order valence-corrected chi connectivity index (χ4v) is 2.48. The zero-order chi connectivity index (χ0) is 15.3. The van der Waals surface area contributed by atoms with E-state index in [2.05, 4.69) is 10.0 Å². The second kappa shape index (κ2) is 6.58. The van der Waals surface area contributed by atoms with Crippen molar-refractivity contribution < 1.29 is 12.8 Å². The van der Waals surface area contributed by atoms with E-state index in [1.54, 1.807) is 36.4 Å². The second-order valence-electron chi connectivity index (χ2n) is 4.72. The third-order valence-electron chi connectivity index (χ3n) is 2.87. The SMILES string of the molecule is CS(=O)(=O)Nc1ccc(NCCc2ccccc2F)cc1. The van der Waals surface area contributed by atoms with Crippen molar-refractivity contribution in [1.82, 2.24) is 0 Å². The van der Waals surface area contributed by atoms with Gasteiger partial charge in [0, 0.05) is 17.9 Å². The summed E-state index contributed by atoms with van der Waals surface area (Å²) < 4.78 is 38.0. The van der Waals surface area contributed by atoms with Crippen LogP contribution >= 0.6 is 0 Å². The quantitative estimate of drug-likeness (QED) is 0.863. The molecule has 4 nitrogen and oxygen atoms in total. The van der Waals surface area contributed by atoms with Gasteiger partial charge in [0.1, 0.15) is 5.82 Å². The van der Waals surface area contributed by atoms with Crippen LogP contribution in [-0.4, -0.2) is 21.2 Å². The molecule has 0 amide bonds. The first-order valence-electron chi connectivity index (χ1n) is 6.49. The molecular formula is C15H17FN2O2S. The molecule has 2 rings (SSSR count). The van der Waals surface area contributed by atoms with Gasteiger partial charge in [-0.25, -0.2) is 12.8 Å². The van der Waals surface area contributed by atoms with Crippen molar-refractivity contribution >= 4 is 21.4 Å². The molecule has 0 saturated heterocycles. The Morgan fingerprint density at radius 2 is 1.62 bits per heavy atom. The van der Waals surface area contributed by atoms with Crippen molar-refractivity contribution in [3.8, 4) is 0 Å². The minimum atomic E-state index is -3.26. The van der Waals surface area contributed by atoms with E-state index in [9.17, 15) is 12.8 Å². The first-order chi connectivity index (χ1) is 9.94. The number of sulfonamides is 1. The lowest BCUT2D eigenvalue weighted by molar-refractivity contribution is 0.606. The van der Waals surface area contributed by atoms with Crippen LogP contribution in [0.3, 0.4) is 0 Å². The fraction of sp³-hybridized carbons (Fsp3) is 0.200. The van der Waals surface area contributed by atoms with E-state index >= 15 is 0 Å². The van der Waals surface area contributed by atoms with Crippen LogP contribution in [-0.2, 0) is 16.4 Å². The normalized spacial score (nSPS) is 11.1. The fourth-order valence-electron chi connectivity index (χ4n) is 1.91. The first-order valence-corrected chi connectivity index (χ1v) is 8.38. The molecule has 0 aliphatic carbocycles. The van der Waals surface area contributed by atoms with Crippen molar-refractivity contribution in [3.63, 3.8) is 0 Å². The maximum Gasteiger partial charge on any atom is 0.229 e. The van der Waals surface area contributed by atoms with Gasteiger partial charge in [-0.3, -0.25) is 4.72 Å². The van der Waals surface area contributed by atoms with Crippen LogP contribution < -0.4 is 10.0 Å². The van der Waals surface area contributed by atoms with Gasteiger partial charge < -0.3 is 5.32 Å². The highest BCUT2D eigenvalue weighted by molar-refractivity contribution is 7.92. The molecule has 21 heavy (non-hydrogen) atoms. The molecule has 0 heterocycles. The molecule has 2 aromatic rings. The molecule has 0 aliphatic rings. The van der Waals surface area contributed by atoms with Crippen molar-refractivity contribution in [2.75, 3.05) is 22.8 Å². The number of hydrogen-bond acceptors (Lipinski definition) is 3. The minimum Gasteiger partial charge on any atom is -0.385 e. The average molecular weight is 308 g/mol. The van der Waals surface area contributed by atoms with E-state index < -0.39 is 10.0 Å². The largest absolute Gasteiger partial charge is 0.385 e. The summed E-state index contributed by atoms with van der Waals surface area (Å²) in [4.78, 5) is 0. The van der Waals surface area contributed by atoms with Crippen LogP contribution in [0.4, 0.5) is 15.8 Å². The van der Waals surface area contributed by atoms with Crippen LogP contribution in [0, 0.1) is 5.82 Å². The summed E-state index contributed by atoms with van der Waals surface area (Å²) in [6.45, 7) is 0.597. The Morgan fingerprint density at radius 3 is 2.24 bits per heavy atom. The minimum absolute atomic E-state index is 0.202. The molecule has 0 radical (unpaired) electrons. The Hall–Kier alpha value is -2.08. The van der Waals surface area contributed by atoms with E-state index in [1.165, 1.54) is 6.07 Å². The number of hydrogen-bond donors (Lipinski definition) is 2. The number of nitrogens with one attached hydrogen (secondary N) is 2. The second-order valence-corrected chi connectivity index (χ2v) is 6.47. The van der Waals surface area contributed by atoms with E-state index in [-0.39, 0.29) is 5.82 Å². The monoisotopic (exact) mass is 308 g/mol. The van der Waals surface area contributed by atoms with Gasteiger partial charge in [-0.05, 0) is 42.3 Å². The van der Waals surface area contributed by atoms with Crippen molar-refractivity contribution in [2.24, 2.45) is 0 Å². The molecule has 0 aliphatic heterocycles. The zero-order valence-corrected chi connectivity index (χ0v) is 12.5. The molecule has 0 fully saturated rings. The third-order valence-corrected chi connectivity index (χ3v) is 3.48. The summed E-state index contributed by atoms with van der Waals surface area (Å²) in [6.07, 6.45) is 1.68. The topological polar surface area (TPSA) is 58.2 Å². The highest BCUT2D eigenvalue weighted by Gasteiger charge is 2.02. The van der Waals surface area contributed by atoms with Crippen LogP contribution in [0.25, 0.3) is 0 Å². The number of rotatable bonds is 6. The van der Waals surface area contributed by atoms with Gasteiger partial charge in [-0.15, -0.1) is 0 Å². The molecule has 2 N–H and O–H groups in total. The van der Waals surface area contributed by atoms with Gasteiger partial charge in [0.05, 0.1) is 6.26 Å². The molecule has 0 spiro atoms. The Labute approximate surface area is 124 Å². The van der Waals surface area contributed by atoms with E-state index in [4.69, 9.17) is 0 Å². The first kappa shape index (κ1) is 15.3. The average Bonchev–Trinajstić information content (AvgIpc) is 2.41. The Morgan fingerprint density at radius 1 is 1.00 bits per heavy atom. The van der Waals surface area contributed by atoms with E-state index in [1.807, 2.05) is 6.07 Å². The molecule has 0 saturated carbocycles. The summed E-state index contributed by atoms with van der Waals surface area (Å²) in [5.41, 5.74) is 2.03. The van der Waals surface area contributed by atoms with Gasteiger partial charge in [0.25, 0.3) is 0 Å². The van der Waals surface area contributed by atoms with Crippen molar-refractivity contribution in [3.05, 3.63) is 59.9 Å². The van der Waals surface area contributed by atoms with E-state index in [0.29, 0.717) is 24.2 Å². The lowest BCUT2D eigenvalue weighted by atomic mass is 10.1. The number of benzene rings is 2. The van der Waals surface area contributed by atoms with Crippen molar-refractivity contribution in [2.45, 2.75) is 6.42 Å². The number of halogens is 1. The van der Waals surface area contributed by atoms with Crippen LogP contribution in [0.2, 0.25) is 0 Å². The standard InChI is InChI=1S/C15H17FN2O2S/c1-21(19,20)18-14-8-6-13(7-9-14)17-11-10-12-4-2-3-5-15(12)16/h2-9,17-18H,10-11H2,1H3. The zero-order valence-electron chi connectivity index (χ0n) is 11.6. The van der Waals surface area contributed by atoms with Crippen molar-refractivity contribution in [1.29, 1.82) is 0 Å². The Kier molecular flexibility index (Phi) is 4.80. The molecule has 112 valence electrons. The molecule has 0 atom stereocenters. The molecule has 2 aromatic carbocycles. The summed E-state index contributed by atoms with van der Waals surface area (Å²) >= 11 is 0. The summed E-state index contributed by atoms with van der Waals surface area (Å²) in [5.74, 6) is -0.202. The van der Waals surface area contributed by atoms with E-state index in [0.717, 1.165) is 11.9 Å². The highest BCUT2D eigenvalue weighted by Crippen LogP contribution is 2.15. The third kappa shape index (κ3) is 5.07. The van der Waals surface area contributed by atoms with Gasteiger partial charge in [-0.2, -0.15) is 0 Å². The predicted molar refractivity (Wildman–Crippen MR) is 83.5 cm³/mol. The van der Waals surface area contributed by atoms with Gasteiger partial charge in [0.15, 0.2) is 0 Å². The molecule has 6 heteroatoms. The predicted octanol–water partition coefficient (Wildman–Crippen LogP) is 2.85. The maximum absolute atomic E-state index is 13.4. The smallest absolute Gasteiger partial charge is 0.229 e. The van der Waals surface area contributed by atoms with Crippen LogP contribution in [0.15, 0.2) is 48.5 Å². The Balaban J connectivity index is 1.88. The van der Waals surface area contributed by atoms with Crippen LogP contribution in [0.5, 0.6) is 0 Å². The van der Waals surface area contributed by atoms with Crippen LogP contribution in [0.1, 0.15) is 5.56 Å². The molecular weight excluding hydrogens is 291 g/mol. The molecule has 0 aromatic heterocycles.